The number of unbranched alkanes of at least 4 members (excludes halogenated alkanes) is 2. The first-order valence-corrected chi connectivity index (χ1v) is 13.8. The number of azo groups is 1. The van der Waals surface area contributed by atoms with Crippen molar-refractivity contribution in [2.75, 3.05) is 43.0 Å². The Hall–Kier alpha value is -2.85. The number of carbonyl (C=O) groups is 1. The summed E-state index contributed by atoms with van der Waals surface area (Å²) >= 11 is 0.757. The van der Waals surface area contributed by atoms with Crippen LogP contribution in [0.3, 0.4) is 0 Å². The number of sulfonamides is 1. The molecule has 16 heteroatoms. The second kappa shape index (κ2) is 12.6. The number of carbonyl (C=O) groups excluding carboxylic acids is 1. The second-order valence-corrected chi connectivity index (χ2v) is 10.7. The molecule has 0 amide bonds. The van der Waals surface area contributed by atoms with E-state index in [9.17, 15) is 26.4 Å². The monoisotopic (exact) mass is 564 g/mol. The predicted molar refractivity (Wildman–Crippen MR) is 131 cm³/mol. The van der Waals surface area contributed by atoms with Gasteiger partial charge in [-0.25, -0.2) is 4.79 Å². The lowest BCUT2D eigenvalue weighted by Gasteiger charge is -2.32. The highest BCUT2D eigenvalue weighted by Gasteiger charge is 2.46. The van der Waals surface area contributed by atoms with Gasteiger partial charge in [0.2, 0.25) is 5.01 Å². The molecule has 0 saturated heterocycles. The first-order valence-electron chi connectivity index (χ1n) is 11.5. The summed E-state index contributed by atoms with van der Waals surface area (Å²) in [7, 11) is -4.26. The van der Waals surface area contributed by atoms with Gasteiger partial charge in [-0.15, -0.1) is 20.4 Å². The Kier molecular flexibility index (Phi) is 9.78. The van der Waals surface area contributed by atoms with Gasteiger partial charge in [-0.05, 0) is 37.0 Å². The van der Waals surface area contributed by atoms with Crippen molar-refractivity contribution in [3.8, 4) is 0 Å². The molecule has 0 radical (unpaired) electrons. The first-order chi connectivity index (χ1) is 17.6. The average molecular weight is 565 g/mol. The van der Waals surface area contributed by atoms with Gasteiger partial charge in [-0.1, -0.05) is 31.1 Å². The number of fused-ring (bicyclic) bond motifs is 1. The Morgan fingerprint density at radius 3 is 2.70 bits per heavy atom. The molecule has 1 aromatic carbocycles. The first kappa shape index (κ1) is 28.7. The topological polar surface area (TPSA) is 135 Å². The van der Waals surface area contributed by atoms with E-state index >= 15 is 0 Å². The van der Waals surface area contributed by atoms with Crippen molar-refractivity contribution >= 4 is 49.5 Å². The van der Waals surface area contributed by atoms with Crippen LogP contribution in [0, 0.1) is 0 Å². The third-order valence-electron chi connectivity index (χ3n) is 5.35. The van der Waals surface area contributed by atoms with Crippen molar-refractivity contribution in [2.45, 2.75) is 44.5 Å². The van der Waals surface area contributed by atoms with Crippen LogP contribution in [0.25, 0.3) is 0 Å². The summed E-state index contributed by atoms with van der Waals surface area (Å²) < 4.78 is 74.5. The van der Waals surface area contributed by atoms with Crippen LogP contribution in [-0.2, 0) is 25.9 Å². The number of halogens is 3. The molecule has 0 atom stereocenters. The molecule has 204 valence electrons. The molecule has 2 heterocycles. The van der Waals surface area contributed by atoms with Crippen LogP contribution in [0.2, 0.25) is 0 Å². The minimum absolute atomic E-state index is 0.0130. The van der Waals surface area contributed by atoms with E-state index in [1.54, 1.807) is 4.72 Å². The van der Waals surface area contributed by atoms with Gasteiger partial charge in [0, 0.05) is 25.9 Å². The van der Waals surface area contributed by atoms with Crippen LogP contribution in [0.1, 0.15) is 48.0 Å². The molecule has 1 N–H and O–H groups in total. The minimum atomic E-state index is -5.71. The maximum Gasteiger partial charge on any atom is 0.516 e. The number of hydrogen-bond acceptors (Lipinski definition) is 11. The molecule has 1 aromatic heterocycles. The van der Waals surface area contributed by atoms with Gasteiger partial charge in [0.1, 0.15) is 12.3 Å². The number of hydrogen-bond donors (Lipinski definition) is 1. The Morgan fingerprint density at radius 1 is 1.22 bits per heavy atom. The van der Waals surface area contributed by atoms with Gasteiger partial charge in [-0.3, -0.25) is 4.72 Å². The molecule has 1 aliphatic rings. The zero-order valence-corrected chi connectivity index (χ0v) is 21.9. The summed E-state index contributed by atoms with van der Waals surface area (Å²) in [5, 5.41) is 15.0. The minimum Gasteiger partial charge on any atom is -0.458 e. The smallest absolute Gasteiger partial charge is 0.458 e. The lowest BCUT2D eigenvalue weighted by atomic mass is 9.99. The number of methoxy groups -OCH3 is 1. The number of anilines is 2. The average Bonchev–Trinajstić information content (AvgIpc) is 3.31. The van der Waals surface area contributed by atoms with Crippen molar-refractivity contribution in [3.63, 3.8) is 0 Å². The summed E-state index contributed by atoms with van der Waals surface area (Å²) in [4.78, 5) is 14.0. The van der Waals surface area contributed by atoms with E-state index in [1.807, 2.05) is 4.90 Å². The number of esters is 1. The third kappa shape index (κ3) is 7.58. The van der Waals surface area contributed by atoms with Crippen LogP contribution >= 0.6 is 11.3 Å². The largest absolute Gasteiger partial charge is 0.516 e. The fourth-order valence-corrected chi connectivity index (χ4v) is 4.69. The Labute approximate surface area is 216 Å². The molecule has 1 aliphatic heterocycles. The number of nitrogens with zero attached hydrogens (tertiary/aromatic N) is 5. The molecule has 0 saturated carbocycles. The molecule has 0 aliphatic carbocycles. The van der Waals surface area contributed by atoms with Gasteiger partial charge in [-0.2, -0.15) is 21.6 Å². The molecular formula is C21H27F3N6O5S2. The van der Waals surface area contributed by atoms with Gasteiger partial charge in [0.15, 0.2) is 0 Å². The number of aryl methyl sites for hydroxylation is 1. The van der Waals surface area contributed by atoms with Crippen molar-refractivity contribution in [3.05, 3.63) is 22.7 Å². The molecule has 0 fully saturated rings. The quantitative estimate of drug-likeness (QED) is 0.217. The lowest BCUT2D eigenvalue weighted by Crippen LogP contribution is -2.32. The normalized spacial score (nSPS) is 14.1. The van der Waals surface area contributed by atoms with E-state index < -0.39 is 21.5 Å². The van der Waals surface area contributed by atoms with Crippen LogP contribution < -0.4 is 9.62 Å². The number of nitrogens with one attached hydrogen (secondary N) is 1. The van der Waals surface area contributed by atoms with Crippen LogP contribution in [0.5, 0.6) is 0 Å². The fraction of sp³-hybridized carbons (Fsp3) is 0.571. The highest BCUT2D eigenvalue weighted by Crippen LogP contribution is 2.39. The molecule has 0 unspecified atom stereocenters. The standard InChI is InChI=1S/C21H27F3N6O5S2/c1-3-4-5-8-30-9-6-7-14-12-15(16(13-17(14)30)29-37(32,33)21(22,23)24)25-27-20-28-26-18(36-20)19(31)35-11-10-34-2/h12-13,29H,3-11H2,1-2H3. The van der Waals surface area contributed by atoms with E-state index in [4.69, 9.17) is 9.47 Å². The summed E-state index contributed by atoms with van der Waals surface area (Å²) in [6, 6.07) is 2.87. The maximum atomic E-state index is 13.1. The molecule has 0 bridgehead atoms. The van der Waals surface area contributed by atoms with Crippen LogP contribution in [0.4, 0.5) is 35.4 Å². The number of ether oxygens (including phenoxy) is 2. The van der Waals surface area contributed by atoms with E-state index in [2.05, 4.69) is 27.3 Å². The van der Waals surface area contributed by atoms with Crippen molar-refractivity contribution in [2.24, 2.45) is 10.2 Å². The number of rotatable bonds is 12. The molecule has 3 rings (SSSR count). The van der Waals surface area contributed by atoms with Gasteiger partial charge in [0.05, 0.1) is 12.3 Å². The lowest BCUT2D eigenvalue weighted by molar-refractivity contribution is -0.0429. The Morgan fingerprint density at radius 2 is 2.00 bits per heavy atom. The van der Waals surface area contributed by atoms with Gasteiger partial charge < -0.3 is 14.4 Å². The van der Waals surface area contributed by atoms with E-state index in [1.165, 1.54) is 19.2 Å². The second-order valence-electron chi connectivity index (χ2n) is 8.07. The zero-order chi connectivity index (χ0) is 27.1. The highest BCUT2D eigenvalue weighted by molar-refractivity contribution is 7.93. The molecular weight excluding hydrogens is 537 g/mol. The van der Waals surface area contributed by atoms with Crippen LogP contribution in [0.15, 0.2) is 22.4 Å². The van der Waals surface area contributed by atoms with Crippen molar-refractivity contribution in [1.82, 2.24) is 10.2 Å². The Bertz CT molecular complexity index is 1220. The number of benzene rings is 1. The summed E-state index contributed by atoms with van der Waals surface area (Å²) in [6.45, 7) is 3.68. The van der Waals surface area contributed by atoms with Gasteiger partial charge in [0.25, 0.3) is 5.13 Å². The van der Waals surface area contributed by atoms with E-state index in [0.717, 1.165) is 42.6 Å². The van der Waals surface area contributed by atoms with Gasteiger partial charge >= 0.3 is 21.5 Å². The molecule has 37 heavy (non-hydrogen) atoms. The highest BCUT2D eigenvalue weighted by atomic mass is 32.2. The molecule has 0 spiro atoms. The van der Waals surface area contributed by atoms with E-state index in [-0.39, 0.29) is 34.7 Å². The summed E-state index contributed by atoms with van der Waals surface area (Å²) in [5.41, 5.74) is -4.55. The Balaban J connectivity index is 1.92. The van der Waals surface area contributed by atoms with Crippen molar-refractivity contribution < 1.29 is 35.9 Å². The predicted octanol–water partition coefficient (Wildman–Crippen LogP) is 4.96. The fourth-order valence-electron chi connectivity index (χ4n) is 3.56. The third-order valence-corrected chi connectivity index (χ3v) is 7.23. The summed E-state index contributed by atoms with van der Waals surface area (Å²) in [6.07, 6.45) is 4.37. The van der Waals surface area contributed by atoms with Crippen molar-refractivity contribution in [1.29, 1.82) is 0 Å². The van der Waals surface area contributed by atoms with E-state index in [0.29, 0.717) is 25.2 Å². The number of aromatic nitrogens is 2. The SMILES string of the molecule is CCCCCN1CCCc2cc(N=Nc3nnc(C(=O)OCCOC)s3)c(NS(=O)(=O)C(F)(F)F)cc21. The molecule has 11 nitrogen and oxygen atoms in total. The number of alkyl halides is 3. The molecule has 2 aromatic rings. The zero-order valence-electron chi connectivity index (χ0n) is 20.2. The summed E-state index contributed by atoms with van der Waals surface area (Å²) in [5.74, 6) is -0.744. The maximum absolute atomic E-state index is 13.1. The van der Waals surface area contributed by atoms with Crippen LogP contribution in [-0.4, -0.2) is 63.5 Å².